The molecular formula is C18H28O3. The Morgan fingerprint density at radius 1 is 1.05 bits per heavy atom. The molecule has 1 unspecified atom stereocenters. The lowest BCUT2D eigenvalue weighted by Crippen LogP contribution is -2.16. The van der Waals surface area contributed by atoms with Gasteiger partial charge in [-0.05, 0) is 44.1 Å². The molecule has 0 heterocycles. The zero-order valence-corrected chi connectivity index (χ0v) is 13.1. The molecule has 21 heavy (non-hydrogen) atoms. The van der Waals surface area contributed by atoms with E-state index in [0.29, 0.717) is 0 Å². The molecule has 0 amide bonds. The zero-order valence-electron chi connectivity index (χ0n) is 13.1. The number of rotatable bonds is 11. The highest BCUT2D eigenvalue weighted by atomic mass is 16.7. The second-order valence-corrected chi connectivity index (χ2v) is 5.59. The molecule has 0 aromatic heterocycles. The fraction of sp³-hybridized carbons (Fsp3) is 0.611. The average molecular weight is 292 g/mol. The van der Waals surface area contributed by atoms with Crippen molar-refractivity contribution in [2.45, 2.75) is 70.8 Å². The monoisotopic (exact) mass is 292 g/mol. The maximum atomic E-state index is 10.7. The van der Waals surface area contributed by atoms with Gasteiger partial charge in [-0.25, -0.2) is 4.79 Å². The van der Waals surface area contributed by atoms with Crippen LogP contribution < -0.4 is 0 Å². The van der Waals surface area contributed by atoms with Crippen LogP contribution >= 0.6 is 0 Å². The van der Waals surface area contributed by atoms with E-state index in [2.05, 4.69) is 31.2 Å². The molecule has 0 spiro atoms. The van der Waals surface area contributed by atoms with Crippen molar-refractivity contribution in [3.63, 3.8) is 0 Å². The average Bonchev–Trinajstić information content (AvgIpc) is 2.47. The fourth-order valence-corrected chi connectivity index (χ4v) is 2.55. The van der Waals surface area contributed by atoms with Crippen LogP contribution in [0.3, 0.4) is 0 Å². The standard InChI is InChI=1S/C18H28O3/c1-2-3-6-14-17(21-18(19)20)15-10-5-9-13-16-11-7-4-8-12-16/h4,7-8,11-12,17H,2-3,5-6,9-10,13-15H2,1H3,(H,19,20). The summed E-state index contributed by atoms with van der Waals surface area (Å²) in [7, 11) is 0. The van der Waals surface area contributed by atoms with E-state index in [9.17, 15) is 4.79 Å². The predicted octanol–water partition coefficient (Wildman–Crippen LogP) is 5.43. The molecule has 0 bridgehead atoms. The van der Waals surface area contributed by atoms with Crippen LogP contribution in [0.1, 0.15) is 63.9 Å². The summed E-state index contributed by atoms with van der Waals surface area (Å²) in [4.78, 5) is 10.7. The quantitative estimate of drug-likeness (QED) is 0.437. The minimum Gasteiger partial charge on any atom is -0.450 e. The molecule has 0 saturated heterocycles. The Morgan fingerprint density at radius 2 is 1.71 bits per heavy atom. The summed E-state index contributed by atoms with van der Waals surface area (Å²) >= 11 is 0. The molecule has 1 aromatic carbocycles. The maximum absolute atomic E-state index is 10.7. The van der Waals surface area contributed by atoms with Gasteiger partial charge < -0.3 is 9.84 Å². The molecule has 3 nitrogen and oxygen atoms in total. The summed E-state index contributed by atoms with van der Waals surface area (Å²) in [6, 6.07) is 10.5. The second-order valence-electron chi connectivity index (χ2n) is 5.59. The number of carboxylic acid groups (broad SMARTS) is 1. The lowest BCUT2D eigenvalue weighted by molar-refractivity contribution is 0.0423. The molecule has 0 aliphatic carbocycles. The molecule has 1 aromatic rings. The van der Waals surface area contributed by atoms with E-state index in [0.717, 1.165) is 57.8 Å². The zero-order chi connectivity index (χ0) is 15.3. The SMILES string of the molecule is CCCCCC(CCCCCc1ccccc1)OC(=O)O. The lowest BCUT2D eigenvalue weighted by atomic mass is 10.0. The van der Waals surface area contributed by atoms with Crippen LogP contribution in [0.15, 0.2) is 30.3 Å². The summed E-state index contributed by atoms with van der Waals surface area (Å²) < 4.78 is 4.98. The Bertz CT molecular complexity index is 375. The molecule has 0 radical (unpaired) electrons. The van der Waals surface area contributed by atoms with E-state index in [-0.39, 0.29) is 6.10 Å². The van der Waals surface area contributed by atoms with Crippen molar-refractivity contribution in [3.8, 4) is 0 Å². The van der Waals surface area contributed by atoms with Crippen molar-refractivity contribution < 1.29 is 14.6 Å². The molecular weight excluding hydrogens is 264 g/mol. The van der Waals surface area contributed by atoms with Gasteiger partial charge >= 0.3 is 6.16 Å². The first-order valence-electron chi connectivity index (χ1n) is 8.16. The van der Waals surface area contributed by atoms with Gasteiger partial charge in [-0.2, -0.15) is 0 Å². The summed E-state index contributed by atoms with van der Waals surface area (Å²) in [6.07, 6.45) is 8.22. The summed E-state index contributed by atoms with van der Waals surface area (Å²) in [6.45, 7) is 2.15. The highest BCUT2D eigenvalue weighted by molar-refractivity contribution is 5.57. The Kier molecular flexibility index (Phi) is 9.34. The highest BCUT2D eigenvalue weighted by Crippen LogP contribution is 2.15. The van der Waals surface area contributed by atoms with Crippen LogP contribution in [0.5, 0.6) is 0 Å². The molecule has 0 aliphatic heterocycles. The first-order valence-corrected chi connectivity index (χ1v) is 8.16. The molecule has 118 valence electrons. The third-order valence-corrected chi connectivity index (χ3v) is 3.73. The van der Waals surface area contributed by atoms with Crippen molar-refractivity contribution in [1.29, 1.82) is 0 Å². The Labute approximate surface area is 128 Å². The van der Waals surface area contributed by atoms with Gasteiger partial charge in [0, 0.05) is 0 Å². The van der Waals surface area contributed by atoms with Crippen molar-refractivity contribution >= 4 is 6.16 Å². The molecule has 0 fully saturated rings. The summed E-state index contributed by atoms with van der Waals surface area (Å²) in [5.41, 5.74) is 1.37. The van der Waals surface area contributed by atoms with E-state index in [1.165, 1.54) is 5.56 Å². The number of unbranched alkanes of at least 4 members (excludes halogenated alkanes) is 4. The smallest absolute Gasteiger partial charge is 0.450 e. The molecule has 0 aliphatic rings. The molecule has 0 saturated carbocycles. The van der Waals surface area contributed by atoms with Crippen LogP contribution in [0, 0.1) is 0 Å². The lowest BCUT2D eigenvalue weighted by Gasteiger charge is -2.15. The number of benzene rings is 1. The first kappa shape index (κ1) is 17.5. The number of hydrogen-bond acceptors (Lipinski definition) is 2. The minimum absolute atomic E-state index is 0.120. The van der Waals surface area contributed by atoms with Crippen molar-refractivity contribution in [3.05, 3.63) is 35.9 Å². The van der Waals surface area contributed by atoms with Crippen molar-refractivity contribution in [2.24, 2.45) is 0 Å². The Balaban J connectivity index is 2.15. The van der Waals surface area contributed by atoms with Gasteiger partial charge in [0.25, 0.3) is 0 Å². The summed E-state index contributed by atoms with van der Waals surface area (Å²) in [5.74, 6) is 0. The second kappa shape index (κ2) is 11.2. The van der Waals surface area contributed by atoms with Crippen molar-refractivity contribution in [1.82, 2.24) is 0 Å². The van der Waals surface area contributed by atoms with Crippen LogP contribution in [-0.2, 0) is 11.2 Å². The number of hydrogen-bond donors (Lipinski definition) is 1. The molecule has 1 rings (SSSR count). The van der Waals surface area contributed by atoms with E-state index in [4.69, 9.17) is 9.84 Å². The predicted molar refractivity (Wildman–Crippen MR) is 85.7 cm³/mol. The van der Waals surface area contributed by atoms with Gasteiger partial charge in [0.15, 0.2) is 0 Å². The van der Waals surface area contributed by atoms with E-state index in [1.54, 1.807) is 0 Å². The normalized spacial score (nSPS) is 12.0. The highest BCUT2D eigenvalue weighted by Gasteiger charge is 2.12. The largest absolute Gasteiger partial charge is 0.506 e. The van der Waals surface area contributed by atoms with Gasteiger partial charge in [-0.15, -0.1) is 0 Å². The number of ether oxygens (including phenoxy) is 1. The van der Waals surface area contributed by atoms with Gasteiger partial charge in [-0.1, -0.05) is 56.5 Å². The fourth-order valence-electron chi connectivity index (χ4n) is 2.55. The van der Waals surface area contributed by atoms with Crippen molar-refractivity contribution in [2.75, 3.05) is 0 Å². The van der Waals surface area contributed by atoms with Gasteiger partial charge in [0.2, 0.25) is 0 Å². The number of aryl methyl sites for hydroxylation is 1. The van der Waals surface area contributed by atoms with Crippen LogP contribution in [-0.4, -0.2) is 17.4 Å². The van der Waals surface area contributed by atoms with Crippen LogP contribution in [0.25, 0.3) is 0 Å². The molecule has 1 atom stereocenters. The minimum atomic E-state index is -1.14. The Morgan fingerprint density at radius 3 is 2.33 bits per heavy atom. The third kappa shape index (κ3) is 9.11. The van der Waals surface area contributed by atoms with Gasteiger partial charge in [0.05, 0.1) is 0 Å². The van der Waals surface area contributed by atoms with Gasteiger partial charge in [-0.3, -0.25) is 0 Å². The molecule has 3 heteroatoms. The first-order chi connectivity index (χ1) is 10.2. The van der Waals surface area contributed by atoms with Crippen LogP contribution in [0.4, 0.5) is 4.79 Å². The summed E-state index contributed by atoms with van der Waals surface area (Å²) in [5, 5.41) is 8.77. The van der Waals surface area contributed by atoms with Gasteiger partial charge in [0.1, 0.15) is 6.10 Å². The number of carbonyl (C=O) groups is 1. The van der Waals surface area contributed by atoms with E-state index in [1.807, 2.05) is 6.07 Å². The van der Waals surface area contributed by atoms with Crippen LogP contribution in [0.2, 0.25) is 0 Å². The third-order valence-electron chi connectivity index (χ3n) is 3.73. The topological polar surface area (TPSA) is 46.5 Å². The molecule has 1 N–H and O–H groups in total. The van der Waals surface area contributed by atoms with E-state index >= 15 is 0 Å². The maximum Gasteiger partial charge on any atom is 0.506 e. The van der Waals surface area contributed by atoms with E-state index < -0.39 is 6.16 Å². The Hall–Kier alpha value is -1.51.